The van der Waals surface area contributed by atoms with Gasteiger partial charge in [-0.2, -0.15) is 0 Å². The molecule has 3 unspecified atom stereocenters. The van der Waals surface area contributed by atoms with Gasteiger partial charge < -0.3 is 0 Å². The molecule has 0 amide bonds. The highest BCUT2D eigenvalue weighted by Gasteiger charge is 2.19. The van der Waals surface area contributed by atoms with Gasteiger partial charge in [0.2, 0.25) is 0 Å². The van der Waals surface area contributed by atoms with Gasteiger partial charge in [-0.3, -0.25) is 0 Å². The summed E-state index contributed by atoms with van der Waals surface area (Å²) in [7, 11) is 0. The van der Waals surface area contributed by atoms with Gasteiger partial charge in [0, 0.05) is 0 Å². The van der Waals surface area contributed by atoms with E-state index in [2.05, 4.69) is 48.5 Å². The molecular formula is C18H38. The molecule has 0 N–H and O–H groups in total. The normalized spacial score (nSPS) is 17.2. The topological polar surface area (TPSA) is 0 Å². The van der Waals surface area contributed by atoms with Crippen LogP contribution < -0.4 is 0 Å². The van der Waals surface area contributed by atoms with Crippen molar-refractivity contribution in [3.63, 3.8) is 0 Å². The second kappa shape index (κ2) is 9.87. The Bertz CT molecular complexity index is 180. The van der Waals surface area contributed by atoms with Crippen molar-refractivity contribution in [2.45, 2.75) is 87.0 Å². The number of hydrogen-bond acceptors (Lipinski definition) is 0. The predicted octanol–water partition coefficient (Wildman–Crippen LogP) is 6.55. The summed E-state index contributed by atoms with van der Waals surface area (Å²) in [5.41, 5.74) is 0. The van der Waals surface area contributed by atoms with Gasteiger partial charge in [0.1, 0.15) is 0 Å². The molecule has 0 saturated carbocycles. The molecule has 0 aliphatic heterocycles. The summed E-state index contributed by atoms with van der Waals surface area (Å²) in [5.74, 6) is 4.51. The Balaban J connectivity index is 4.24. The maximum Gasteiger partial charge on any atom is -0.0386 e. The van der Waals surface area contributed by atoms with Crippen LogP contribution in [0, 0.1) is 29.6 Å². The van der Waals surface area contributed by atoms with Gasteiger partial charge in [-0.25, -0.2) is 0 Å². The Morgan fingerprint density at radius 3 is 1.61 bits per heavy atom. The minimum Gasteiger partial charge on any atom is -0.0651 e. The maximum atomic E-state index is 2.50. The Labute approximate surface area is 117 Å². The zero-order chi connectivity index (χ0) is 14.1. The van der Waals surface area contributed by atoms with Crippen molar-refractivity contribution >= 4 is 0 Å². The molecule has 110 valence electrons. The zero-order valence-corrected chi connectivity index (χ0v) is 14.1. The Morgan fingerprint density at radius 1 is 0.667 bits per heavy atom. The lowest BCUT2D eigenvalue weighted by Crippen LogP contribution is -2.16. The van der Waals surface area contributed by atoms with E-state index in [0.717, 1.165) is 29.6 Å². The summed E-state index contributed by atoms with van der Waals surface area (Å²) < 4.78 is 0. The lowest BCUT2D eigenvalue weighted by atomic mass is 9.78. The number of rotatable bonds is 10. The molecule has 0 spiro atoms. The minimum atomic E-state index is 0.863. The second-order valence-corrected chi connectivity index (χ2v) is 7.43. The SMILES string of the molecule is CCC(C)CC(CCC(C)C)C(C)CCC(C)C. The molecule has 0 rings (SSSR count). The summed E-state index contributed by atoms with van der Waals surface area (Å²) in [6.07, 6.45) is 8.47. The first-order valence-corrected chi connectivity index (χ1v) is 8.36. The van der Waals surface area contributed by atoms with E-state index in [1.54, 1.807) is 0 Å². The molecule has 0 fully saturated rings. The lowest BCUT2D eigenvalue weighted by Gasteiger charge is -2.28. The standard InChI is InChI=1S/C18H38/c1-8-16(6)13-18(12-10-15(4)5)17(7)11-9-14(2)3/h14-18H,8-13H2,1-7H3. The van der Waals surface area contributed by atoms with E-state index in [0.29, 0.717) is 0 Å². The Morgan fingerprint density at radius 2 is 1.17 bits per heavy atom. The fourth-order valence-corrected chi connectivity index (χ4v) is 2.70. The Kier molecular flexibility index (Phi) is 9.87. The molecule has 0 saturated heterocycles. The van der Waals surface area contributed by atoms with E-state index in [9.17, 15) is 0 Å². The third-order valence-corrected chi connectivity index (χ3v) is 4.52. The van der Waals surface area contributed by atoms with Gasteiger partial charge in [-0.05, 0) is 42.4 Å². The average Bonchev–Trinajstić information content (AvgIpc) is 2.30. The van der Waals surface area contributed by atoms with Crippen LogP contribution in [0.15, 0.2) is 0 Å². The molecule has 0 aliphatic carbocycles. The molecule has 0 aromatic rings. The van der Waals surface area contributed by atoms with E-state index in [1.165, 1.54) is 38.5 Å². The van der Waals surface area contributed by atoms with Crippen molar-refractivity contribution in [2.75, 3.05) is 0 Å². The first kappa shape index (κ1) is 18.0. The smallest absolute Gasteiger partial charge is 0.0386 e. The zero-order valence-electron chi connectivity index (χ0n) is 14.1. The van der Waals surface area contributed by atoms with Gasteiger partial charge in [0.15, 0.2) is 0 Å². The lowest BCUT2D eigenvalue weighted by molar-refractivity contribution is 0.236. The Hall–Kier alpha value is 0. The van der Waals surface area contributed by atoms with Gasteiger partial charge in [-0.1, -0.05) is 74.1 Å². The minimum absolute atomic E-state index is 0.863. The van der Waals surface area contributed by atoms with Crippen LogP contribution in [0.1, 0.15) is 87.0 Å². The fourth-order valence-electron chi connectivity index (χ4n) is 2.70. The fraction of sp³-hybridized carbons (Fsp3) is 1.00. The van der Waals surface area contributed by atoms with Crippen LogP contribution in [0.5, 0.6) is 0 Å². The molecule has 0 radical (unpaired) electrons. The van der Waals surface area contributed by atoms with Crippen LogP contribution in [0.2, 0.25) is 0 Å². The molecular weight excluding hydrogens is 216 g/mol. The molecule has 0 heterocycles. The molecule has 0 aromatic carbocycles. The van der Waals surface area contributed by atoms with Gasteiger partial charge in [0.25, 0.3) is 0 Å². The van der Waals surface area contributed by atoms with E-state index < -0.39 is 0 Å². The molecule has 0 aliphatic rings. The van der Waals surface area contributed by atoms with E-state index in [1.807, 2.05) is 0 Å². The largest absolute Gasteiger partial charge is 0.0651 e. The monoisotopic (exact) mass is 254 g/mol. The van der Waals surface area contributed by atoms with E-state index in [4.69, 9.17) is 0 Å². The van der Waals surface area contributed by atoms with Crippen LogP contribution in [0.25, 0.3) is 0 Å². The predicted molar refractivity (Wildman–Crippen MR) is 84.9 cm³/mol. The summed E-state index contributed by atoms with van der Waals surface area (Å²) >= 11 is 0. The maximum absolute atomic E-state index is 2.50. The highest BCUT2D eigenvalue weighted by Crippen LogP contribution is 2.31. The third kappa shape index (κ3) is 9.00. The van der Waals surface area contributed by atoms with Crippen molar-refractivity contribution in [3.8, 4) is 0 Å². The van der Waals surface area contributed by atoms with Crippen LogP contribution in [-0.2, 0) is 0 Å². The van der Waals surface area contributed by atoms with E-state index >= 15 is 0 Å². The third-order valence-electron chi connectivity index (χ3n) is 4.52. The molecule has 18 heavy (non-hydrogen) atoms. The van der Waals surface area contributed by atoms with Crippen molar-refractivity contribution in [3.05, 3.63) is 0 Å². The van der Waals surface area contributed by atoms with E-state index in [-0.39, 0.29) is 0 Å². The second-order valence-electron chi connectivity index (χ2n) is 7.43. The highest BCUT2D eigenvalue weighted by atomic mass is 14.3. The quantitative estimate of drug-likeness (QED) is 0.415. The summed E-state index contributed by atoms with van der Waals surface area (Å²) in [5, 5.41) is 0. The summed E-state index contributed by atoms with van der Waals surface area (Å²) in [6.45, 7) is 16.7. The average molecular weight is 255 g/mol. The van der Waals surface area contributed by atoms with Gasteiger partial charge in [-0.15, -0.1) is 0 Å². The highest BCUT2D eigenvalue weighted by molar-refractivity contribution is 4.71. The van der Waals surface area contributed by atoms with Crippen molar-refractivity contribution in [1.29, 1.82) is 0 Å². The molecule has 0 aromatic heterocycles. The van der Waals surface area contributed by atoms with Crippen molar-refractivity contribution in [1.82, 2.24) is 0 Å². The van der Waals surface area contributed by atoms with Crippen LogP contribution in [-0.4, -0.2) is 0 Å². The van der Waals surface area contributed by atoms with Gasteiger partial charge in [0.05, 0.1) is 0 Å². The molecule has 0 nitrogen and oxygen atoms in total. The molecule has 0 heteroatoms. The van der Waals surface area contributed by atoms with Crippen LogP contribution in [0.3, 0.4) is 0 Å². The molecule has 0 bridgehead atoms. The van der Waals surface area contributed by atoms with Crippen molar-refractivity contribution < 1.29 is 0 Å². The number of hydrogen-bond donors (Lipinski definition) is 0. The van der Waals surface area contributed by atoms with Crippen LogP contribution in [0.4, 0.5) is 0 Å². The van der Waals surface area contributed by atoms with Crippen molar-refractivity contribution in [2.24, 2.45) is 29.6 Å². The van der Waals surface area contributed by atoms with Crippen LogP contribution >= 0.6 is 0 Å². The first-order chi connectivity index (χ1) is 8.36. The summed E-state index contributed by atoms with van der Waals surface area (Å²) in [6, 6.07) is 0. The summed E-state index contributed by atoms with van der Waals surface area (Å²) in [4.78, 5) is 0. The van der Waals surface area contributed by atoms with Gasteiger partial charge >= 0.3 is 0 Å². The first-order valence-electron chi connectivity index (χ1n) is 8.36. The molecule has 3 atom stereocenters.